The fraction of sp³-hybridized carbons (Fsp3) is 0. The Labute approximate surface area is 128 Å². The molecular formula is C13H7Cl2NO5. The molecule has 0 radical (unpaired) electrons. The summed E-state index contributed by atoms with van der Waals surface area (Å²) in [6.45, 7) is 0. The molecule has 0 unspecified atom stereocenters. The van der Waals surface area contributed by atoms with Gasteiger partial charge >= 0.3 is 11.7 Å². The minimum absolute atomic E-state index is 0.0675. The van der Waals surface area contributed by atoms with E-state index in [0.717, 1.165) is 6.07 Å². The first-order valence-electron chi connectivity index (χ1n) is 5.53. The van der Waals surface area contributed by atoms with E-state index in [2.05, 4.69) is 0 Å². The van der Waals surface area contributed by atoms with Gasteiger partial charge in [-0.15, -0.1) is 0 Å². The van der Waals surface area contributed by atoms with Crippen LogP contribution in [0.5, 0.6) is 11.5 Å². The van der Waals surface area contributed by atoms with Gasteiger partial charge in [0.05, 0.1) is 9.95 Å². The quantitative estimate of drug-likeness (QED) is 0.664. The highest BCUT2D eigenvalue weighted by atomic mass is 35.5. The van der Waals surface area contributed by atoms with E-state index >= 15 is 0 Å². The molecule has 8 heteroatoms. The Bertz CT molecular complexity index is 700. The number of hydrogen-bond donors (Lipinski definition) is 1. The van der Waals surface area contributed by atoms with Gasteiger partial charge in [0.2, 0.25) is 5.75 Å². The molecular weight excluding hydrogens is 321 g/mol. The first kappa shape index (κ1) is 15.1. The lowest BCUT2D eigenvalue weighted by molar-refractivity contribution is -0.385. The predicted octanol–water partition coefficient (Wildman–Crippen LogP) is 4.39. The molecule has 0 atom stereocenters. The molecule has 0 aromatic heterocycles. The summed E-state index contributed by atoms with van der Waals surface area (Å²) in [6, 6.07) is 7.86. The zero-order valence-electron chi connectivity index (χ0n) is 10.2. The average Bonchev–Trinajstić information content (AvgIpc) is 2.41. The Morgan fingerprint density at radius 3 is 2.52 bits per heavy atom. The van der Waals surface area contributed by atoms with Gasteiger partial charge in [-0.05, 0) is 24.3 Å². The summed E-state index contributed by atoms with van der Waals surface area (Å²) in [6.07, 6.45) is 0. The van der Waals surface area contributed by atoms with Crippen LogP contribution < -0.4 is 4.74 Å². The van der Waals surface area contributed by atoms with E-state index in [1.165, 1.54) is 30.3 Å². The lowest BCUT2D eigenvalue weighted by atomic mass is 10.1. The predicted molar refractivity (Wildman–Crippen MR) is 76.6 cm³/mol. The zero-order chi connectivity index (χ0) is 15.6. The van der Waals surface area contributed by atoms with E-state index < -0.39 is 16.6 Å². The number of carboxylic acid groups (broad SMARTS) is 1. The lowest BCUT2D eigenvalue weighted by Crippen LogP contribution is -2.03. The number of ether oxygens (including phenoxy) is 1. The van der Waals surface area contributed by atoms with Crippen LogP contribution in [-0.4, -0.2) is 16.0 Å². The van der Waals surface area contributed by atoms with E-state index in [-0.39, 0.29) is 22.1 Å². The van der Waals surface area contributed by atoms with Gasteiger partial charge in [-0.25, -0.2) is 4.79 Å². The highest BCUT2D eigenvalue weighted by molar-refractivity contribution is 6.35. The molecule has 0 fully saturated rings. The smallest absolute Gasteiger partial charge is 0.339 e. The maximum atomic E-state index is 11.2. The van der Waals surface area contributed by atoms with E-state index in [9.17, 15) is 14.9 Å². The van der Waals surface area contributed by atoms with Gasteiger partial charge in [-0.2, -0.15) is 0 Å². The summed E-state index contributed by atoms with van der Waals surface area (Å²) in [7, 11) is 0. The molecule has 0 saturated heterocycles. The number of aromatic carboxylic acids is 1. The first-order valence-corrected chi connectivity index (χ1v) is 6.29. The standard InChI is InChI=1S/C13H7Cl2NO5/c14-7-4-5-11(9(15)6-7)21-12-8(13(17)18)2-1-3-10(12)16(19)20/h1-6H,(H,17,18). The molecule has 0 heterocycles. The molecule has 2 rings (SSSR count). The van der Waals surface area contributed by atoms with Crippen molar-refractivity contribution in [2.24, 2.45) is 0 Å². The van der Waals surface area contributed by atoms with Crippen molar-refractivity contribution in [3.8, 4) is 11.5 Å². The Hall–Kier alpha value is -2.31. The fourth-order valence-electron chi connectivity index (χ4n) is 1.61. The molecule has 2 aromatic carbocycles. The van der Waals surface area contributed by atoms with E-state index in [1.807, 2.05) is 0 Å². The summed E-state index contributed by atoms with van der Waals surface area (Å²) >= 11 is 11.7. The molecule has 0 bridgehead atoms. The molecule has 2 aromatic rings. The molecule has 0 aliphatic carbocycles. The Kier molecular flexibility index (Phi) is 4.30. The fourth-order valence-corrected chi connectivity index (χ4v) is 2.06. The molecule has 0 saturated carbocycles. The van der Waals surface area contributed by atoms with Crippen LogP contribution in [0.2, 0.25) is 10.0 Å². The number of hydrogen-bond acceptors (Lipinski definition) is 4. The van der Waals surface area contributed by atoms with Crippen molar-refractivity contribution in [1.29, 1.82) is 0 Å². The number of nitrogens with zero attached hydrogens (tertiary/aromatic N) is 1. The zero-order valence-corrected chi connectivity index (χ0v) is 11.8. The maximum Gasteiger partial charge on any atom is 0.339 e. The van der Waals surface area contributed by atoms with Crippen LogP contribution in [-0.2, 0) is 0 Å². The van der Waals surface area contributed by atoms with Crippen molar-refractivity contribution in [2.45, 2.75) is 0 Å². The summed E-state index contributed by atoms with van der Waals surface area (Å²) in [5, 5.41) is 20.6. The SMILES string of the molecule is O=C(O)c1cccc([N+](=O)[O-])c1Oc1ccc(Cl)cc1Cl. The second kappa shape index (κ2) is 5.99. The van der Waals surface area contributed by atoms with Gasteiger partial charge < -0.3 is 9.84 Å². The van der Waals surface area contributed by atoms with Crippen molar-refractivity contribution in [3.05, 3.63) is 62.1 Å². The third kappa shape index (κ3) is 3.24. The molecule has 108 valence electrons. The van der Waals surface area contributed by atoms with Gasteiger partial charge in [-0.3, -0.25) is 10.1 Å². The van der Waals surface area contributed by atoms with E-state index in [1.54, 1.807) is 0 Å². The maximum absolute atomic E-state index is 11.2. The van der Waals surface area contributed by atoms with Gasteiger partial charge in [0.1, 0.15) is 11.3 Å². The third-order valence-corrected chi connectivity index (χ3v) is 3.06. The van der Waals surface area contributed by atoms with Gasteiger partial charge in [0.15, 0.2) is 0 Å². The van der Waals surface area contributed by atoms with E-state index in [4.69, 9.17) is 33.0 Å². The Morgan fingerprint density at radius 1 is 1.24 bits per heavy atom. The molecule has 0 aliphatic rings. The summed E-state index contributed by atoms with van der Waals surface area (Å²) < 4.78 is 5.34. The number of nitro groups is 1. The monoisotopic (exact) mass is 327 g/mol. The summed E-state index contributed by atoms with van der Waals surface area (Å²) in [5.74, 6) is -1.67. The van der Waals surface area contributed by atoms with Crippen LogP contribution in [0.15, 0.2) is 36.4 Å². The largest absolute Gasteiger partial charge is 0.478 e. The first-order chi connectivity index (χ1) is 9.90. The molecule has 0 spiro atoms. The average molecular weight is 328 g/mol. The van der Waals surface area contributed by atoms with Crippen molar-refractivity contribution in [3.63, 3.8) is 0 Å². The van der Waals surface area contributed by atoms with Crippen molar-refractivity contribution < 1.29 is 19.6 Å². The number of benzene rings is 2. The minimum atomic E-state index is -1.35. The molecule has 21 heavy (non-hydrogen) atoms. The van der Waals surface area contributed by atoms with Crippen LogP contribution in [0, 0.1) is 10.1 Å². The lowest BCUT2D eigenvalue weighted by Gasteiger charge is -2.10. The topological polar surface area (TPSA) is 89.7 Å². The Balaban J connectivity index is 2.56. The highest BCUT2D eigenvalue weighted by Crippen LogP contribution is 2.38. The third-order valence-electron chi connectivity index (χ3n) is 2.53. The number of carboxylic acids is 1. The number of para-hydroxylation sites is 1. The molecule has 6 nitrogen and oxygen atoms in total. The minimum Gasteiger partial charge on any atom is -0.478 e. The van der Waals surface area contributed by atoms with Crippen LogP contribution in [0.1, 0.15) is 10.4 Å². The second-order valence-electron chi connectivity index (χ2n) is 3.89. The van der Waals surface area contributed by atoms with Crippen molar-refractivity contribution in [2.75, 3.05) is 0 Å². The van der Waals surface area contributed by atoms with Crippen LogP contribution in [0.3, 0.4) is 0 Å². The van der Waals surface area contributed by atoms with Crippen LogP contribution in [0.25, 0.3) is 0 Å². The molecule has 1 N–H and O–H groups in total. The van der Waals surface area contributed by atoms with Crippen LogP contribution in [0.4, 0.5) is 5.69 Å². The van der Waals surface area contributed by atoms with Crippen LogP contribution >= 0.6 is 23.2 Å². The van der Waals surface area contributed by atoms with Crippen molar-refractivity contribution in [1.82, 2.24) is 0 Å². The van der Waals surface area contributed by atoms with Crippen molar-refractivity contribution >= 4 is 34.9 Å². The second-order valence-corrected chi connectivity index (χ2v) is 4.74. The Morgan fingerprint density at radius 2 is 1.95 bits per heavy atom. The van der Waals surface area contributed by atoms with Gasteiger partial charge in [-0.1, -0.05) is 29.3 Å². The summed E-state index contributed by atoms with van der Waals surface area (Å²) in [5.41, 5.74) is -0.809. The molecule has 0 amide bonds. The number of nitro benzene ring substituents is 1. The van der Waals surface area contributed by atoms with Gasteiger partial charge in [0, 0.05) is 11.1 Å². The summed E-state index contributed by atoms with van der Waals surface area (Å²) in [4.78, 5) is 21.4. The normalized spacial score (nSPS) is 10.2. The number of carbonyl (C=O) groups is 1. The number of rotatable bonds is 4. The molecule has 0 aliphatic heterocycles. The van der Waals surface area contributed by atoms with Gasteiger partial charge in [0.25, 0.3) is 0 Å². The van der Waals surface area contributed by atoms with E-state index in [0.29, 0.717) is 5.02 Å². The number of halogens is 2. The highest BCUT2D eigenvalue weighted by Gasteiger charge is 2.24.